The fourth-order valence-corrected chi connectivity index (χ4v) is 14.1. The number of carbonyl (C=O) groups is 12. The molecule has 12 saturated heterocycles. The third-order valence-electron chi connectivity index (χ3n) is 22.9. The van der Waals surface area contributed by atoms with E-state index >= 15 is 0 Å². The molecule has 12 rings (SSSR count). The molecule has 12 aliphatic heterocycles. The van der Waals surface area contributed by atoms with Gasteiger partial charge in [-0.3, -0.25) is 57.5 Å². The maximum Gasteiger partial charge on any atom is 0.227 e. The van der Waals surface area contributed by atoms with Crippen molar-refractivity contribution in [3.63, 3.8) is 0 Å². The van der Waals surface area contributed by atoms with E-state index in [0.717, 1.165) is 10.6 Å². The van der Waals surface area contributed by atoms with Crippen LogP contribution in [0.25, 0.3) is 0 Å². The molecular weight excluding hydrogens is 1800 g/mol. The number of piperidine rings is 12. The van der Waals surface area contributed by atoms with Crippen LogP contribution in [0.1, 0.15) is 445 Å². The van der Waals surface area contributed by atoms with Crippen molar-refractivity contribution in [2.24, 2.45) is 136 Å². The van der Waals surface area contributed by atoms with Gasteiger partial charge in [-0.05, 0) is 218 Å². The van der Waals surface area contributed by atoms with Gasteiger partial charge in [-0.1, -0.05) is 328 Å². The summed E-state index contributed by atoms with van der Waals surface area (Å²) in [5.74, 6) is -13.9. The van der Waals surface area contributed by atoms with E-state index in [1.54, 1.807) is 104 Å². The number of amides is 12. The van der Waals surface area contributed by atoms with Gasteiger partial charge in [0.2, 0.25) is 70.9 Å². The molecule has 0 spiro atoms. The maximum absolute atomic E-state index is 12.0. The van der Waals surface area contributed by atoms with Crippen molar-refractivity contribution in [3.8, 4) is 0 Å². The summed E-state index contributed by atoms with van der Waals surface area (Å²) in [7, 11) is 0. The Bertz CT molecular complexity index is 6330. The number of allylic oxidation sites excluding steroid dienone is 12. The van der Waals surface area contributed by atoms with Crippen molar-refractivity contribution in [2.75, 3.05) is 0 Å². The Morgan fingerprint density at radius 3 is 0.715 bits per heavy atom. The molecule has 12 aliphatic rings. The highest BCUT2D eigenvalue weighted by Gasteiger charge is 2.44. The van der Waals surface area contributed by atoms with Crippen LogP contribution in [0.5, 0.6) is 0 Å². The van der Waals surface area contributed by atoms with E-state index in [1.807, 2.05) is 145 Å². The topological polar surface area (TPSA) is 349 Å². The first-order valence-electron chi connectivity index (χ1n) is 68.2. The third-order valence-corrected chi connectivity index (χ3v) is 22.9. The fraction of sp³-hybridized carbons (Fsp3) is 0.700. The van der Waals surface area contributed by atoms with Gasteiger partial charge in [0.05, 0.1) is 0 Å². The summed E-state index contributed by atoms with van der Waals surface area (Å²) in [6.07, 6.45) is -29.7. The lowest BCUT2D eigenvalue weighted by Crippen LogP contribution is -2.41. The summed E-state index contributed by atoms with van der Waals surface area (Å²) in [5.41, 5.74) is -5.48. The highest BCUT2D eigenvalue weighted by molar-refractivity contribution is 5.88. The molecule has 23 atom stereocenters. The van der Waals surface area contributed by atoms with Crippen molar-refractivity contribution in [1.29, 1.82) is 0 Å². The minimum absolute atomic E-state index is 0.00648. The molecule has 144 heavy (non-hydrogen) atoms. The first kappa shape index (κ1) is 79.6. The molecule has 12 fully saturated rings. The molecule has 0 aromatic rings. The van der Waals surface area contributed by atoms with E-state index in [4.69, 9.17) is 53.8 Å². The van der Waals surface area contributed by atoms with Crippen LogP contribution in [-0.2, 0) is 57.5 Å². The van der Waals surface area contributed by atoms with E-state index in [9.17, 15) is 57.5 Å². The number of hydrogen-bond acceptors (Lipinski definition) is 12. The van der Waals surface area contributed by atoms with Crippen molar-refractivity contribution < 1.29 is 111 Å². The number of rotatable bonds is 0. The largest absolute Gasteiger partial charge is 0.330 e. The van der Waals surface area contributed by atoms with E-state index in [1.165, 1.54) is 0 Å². The first-order chi connectivity index (χ1) is 80.4. The number of nitrogens with one attached hydrogen (secondary N) is 12. The molecule has 12 heterocycles. The molecule has 12 N–H and O–H groups in total. The molecule has 0 aromatic carbocycles. The predicted molar refractivity (Wildman–Crippen MR) is 594 cm³/mol. The second kappa shape index (κ2) is 55.0. The average Bonchev–Trinajstić information content (AvgIpc) is 0.735. The number of carbonyl (C=O) groups excluding carboxylic acids is 12. The molecule has 0 bridgehead atoms. The zero-order valence-electron chi connectivity index (χ0n) is 132. The van der Waals surface area contributed by atoms with Crippen LogP contribution in [0, 0.1) is 136 Å². The summed E-state index contributed by atoms with van der Waals surface area (Å²) >= 11 is 0. The lowest BCUT2D eigenvalue weighted by Gasteiger charge is -2.33. The van der Waals surface area contributed by atoms with Crippen molar-refractivity contribution in [3.05, 3.63) is 147 Å². The number of hydrogen-bond donors (Lipinski definition) is 12. The highest BCUT2D eigenvalue weighted by atomic mass is 16.2. The summed E-state index contributed by atoms with van der Waals surface area (Å²) < 4.78 is 301. The SMILES string of the molecule is [2H]C1([2H])C(=C)NC(=O)C(C(C)(C)C)C1([2H])[2H].[2H]C1C(=C)N([2H])C(=O)C(C(C)(C)C)C1([2H])[2H].[2H]C1C(=C)N([2H])C(=O)C(C(C)(C)C)C1[2H].[2H]C1C(=C)N([2H])C(=O)C(C(C)(C)C)C1[2H].[2H]C1C(=C)NC(=O)C(C(C)(C)C)C1([2H])[2H].[2H]C1C(=C)NC(=O)C(C(C)(C)C)C1[2H].[2H]C1C(C(C)(C)C)C(=O)N([2H])C(=C)C1([2H])[2H].[2H]C1C(C(C)(C)C)C(=O)NC(=C)C1([2H])[2H].[2H]C1CC(C(C)(C)C)C(=O)N([2H])C1=C.[2H]N1C(=C)C([2H])([2H])C([2H])([2H])C(C(C)(C)C)C1=O.[2H]N1C(=C)C([2H])([2H])CC(C(C)(C)C)C1=O.[2H]N1C(=C)CC([2H])([2H])C(C(C)(C)C)C1=O. The fourth-order valence-electron chi connectivity index (χ4n) is 14.1. The van der Waals surface area contributed by atoms with Crippen LogP contribution >= 0.6 is 0 Å². The quantitative estimate of drug-likeness (QED) is 0.108. The Balaban J connectivity index is 0.000000998. The molecule has 0 saturated carbocycles. The normalized spacial score (nSPS) is 39.0. The second-order valence-corrected chi connectivity index (χ2v) is 49.5. The van der Waals surface area contributed by atoms with Gasteiger partial charge < -0.3 is 63.7 Å². The average molecular weight is 2050 g/mol. The van der Waals surface area contributed by atoms with Crippen LogP contribution in [-0.4, -0.2) is 70.9 Å². The summed E-state index contributed by atoms with van der Waals surface area (Å²) in [6, 6.07) is 0. The molecule has 23 unspecified atom stereocenters. The molecule has 816 valence electrons. The Morgan fingerprint density at radius 1 is 0.181 bits per heavy atom. The van der Waals surface area contributed by atoms with E-state index in [2.05, 4.69) is 100 Å². The lowest BCUT2D eigenvalue weighted by molar-refractivity contribution is -0.129. The van der Waals surface area contributed by atoms with E-state index in [-0.39, 0.29) is 122 Å². The standard InChI is InChI=1S/12C10H17NO/c12*1-7-5-6-8(9(12)11-7)10(2,3)4/h12*8H,1,5-6H2,2-4H3,(H,11,12)/i2*5D2,6D2;2*5D2,6D;2*5D,6D2;3*5D,6D;6D2;5D2;5D/hD8. The monoisotopic (exact) mass is 2040 g/mol. The van der Waals surface area contributed by atoms with Crippen molar-refractivity contribution in [2.45, 2.75) is 403 Å². The molecular formula is C120H204N12O12. The lowest BCUT2D eigenvalue weighted by atomic mass is 9.76. The third kappa shape index (κ3) is 48.0. The van der Waals surface area contributed by atoms with Gasteiger partial charge in [-0.25, -0.2) is 0 Å². The zero-order chi connectivity index (χ0) is 147. The van der Waals surface area contributed by atoms with Crippen LogP contribution in [0.3, 0.4) is 0 Å². The Morgan fingerprint density at radius 2 is 0.368 bits per heavy atom. The van der Waals surface area contributed by atoms with E-state index in [0.29, 0.717) is 44.0 Å². The second-order valence-electron chi connectivity index (χ2n) is 49.5. The maximum atomic E-state index is 12.0. The smallest absolute Gasteiger partial charge is 0.227 e. The molecule has 0 radical (unpaired) electrons. The van der Waals surface area contributed by atoms with Gasteiger partial charge >= 0.3 is 0 Å². The van der Waals surface area contributed by atoms with Gasteiger partial charge in [0.15, 0.2) is 11.3 Å². The molecule has 24 heteroatoms. The van der Waals surface area contributed by atoms with Crippen molar-refractivity contribution in [1.82, 2.24) is 63.7 Å². The Hall–Kier alpha value is -9.48. The Kier molecular flexibility index (Phi) is 30.4. The van der Waals surface area contributed by atoms with Gasteiger partial charge in [-0.2, -0.15) is 0 Å². The summed E-state index contributed by atoms with van der Waals surface area (Å²) in [5, 5.41) is 14.8. The first-order valence-corrected chi connectivity index (χ1v) is 48.2. The summed E-state index contributed by atoms with van der Waals surface area (Å²) in [4.78, 5) is 142. The van der Waals surface area contributed by atoms with Crippen molar-refractivity contribution >= 4 is 70.9 Å². The van der Waals surface area contributed by atoms with Gasteiger partial charge in [0.25, 0.3) is 0 Å². The Labute approximate surface area is 929 Å². The van der Waals surface area contributed by atoms with Crippen LogP contribution in [0.2, 0.25) is 11.3 Å². The zero-order valence-corrected chi connectivity index (χ0v) is 93.4. The minimum Gasteiger partial charge on any atom is -0.330 e. The van der Waals surface area contributed by atoms with Crippen LogP contribution in [0.4, 0.5) is 0 Å². The molecule has 0 aliphatic carbocycles. The minimum atomic E-state index is -2.43. The summed E-state index contributed by atoms with van der Waals surface area (Å²) in [6.45, 7) is 107. The van der Waals surface area contributed by atoms with Gasteiger partial charge in [0.1, 0.15) is 0 Å². The highest BCUT2D eigenvalue weighted by Crippen LogP contribution is 2.43. The molecule has 24 nitrogen and oxygen atoms in total. The molecule has 12 amide bonds. The van der Waals surface area contributed by atoms with Gasteiger partial charge in [-0.15, -0.1) is 0 Å². The van der Waals surface area contributed by atoms with E-state index < -0.39 is 295 Å². The predicted octanol–water partition coefficient (Wildman–Crippen LogP) is 24.9. The van der Waals surface area contributed by atoms with Gasteiger partial charge in [0, 0.05) is 182 Å². The molecule has 0 aromatic heterocycles. The van der Waals surface area contributed by atoms with Crippen LogP contribution < -0.4 is 63.7 Å². The van der Waals surface area contributed by atoms with Crippen LogP contribution in [0.15, 0.2) is 147 Å².